The van der Waals surface area contributed by atoms with Crippen LogP contribution in [0.3, 0.4) is 0 Å². The van der Waals surface area contributed by atoms with Gasteiger partial charge in [0.1, 0.15) is 0 Å². The van der Waals surface area contributed by atoms with E-state index in [-0.39, 0.29) is 5.56 Å². The van der Waals surface area contributed by atoms with Gasteiger partial charge in [-0.15, -0.1) is 0 Å². The number of nitrogens with zero attached hydrogens (tertiary/aromatic N) is 5. The molecule has 0 spiro atoms. The van der Waals surface area contributed by atoms with Crippen molar-refractivity contribution in [3.8, 4) is 0 Å². The molecule has 0 radical (unpaired) electrons. The minimum atomic E-state index is -0.102. The average Bonchev–Trinajstić information content (AvgIpc) is 3.20. The predicted molar refractivity (Wildman–Crippen MR) is 127 cm³/mol. The van der Waals surface area contributed by atoms with Crippen LogP contribution in [0.4, 0.5) is 11.9 Å². The first-order valence-corrected chi connectivity index (χ1v) is 11.0. The fourth-order valence-electron chi connectivity index (χ4n) is 4.11. The number of imidazole rings is 1. The lowest BCUT2D eigenvalue weighted by molar-refractivity contribution is 0.571. The molecule has 0 amide bonds. The first-order valence-electron chi connectivity index (χ1n) is 11.0. The number of piperazine rings is 1. The van der Waals surface area contributed by atoms with Crippen molar-refractivity contribution in [3.63, 3.8) is 0 Å². The van der Waals surface area contributed by atoms with Crippen molar-refractivity contribution < 1.29 is 0 Å². The summed E-state index contributed by atoms with van der Waals surface area (Å²) in [6.07, 6.45) is 0. The van der Waals surface area contributed by atoms with Gasteiger partial charge in [-0.2, -0.15) is 9.97 Å². The molecule has 0 saturated carbocycles. The van der Waals surface area contributed by atoms with Gasteiger partial charge in [0, 0.05) is 39.8 Å². The normalized spacial score (nSPS) is 14.1. The van der Waals surface area contributed by atoms with E-state index in [1.165, 1.54) is 0 Å². The number of anilines is 2. The molecule has 1 saturated heterocycles. The van der Waals surface area contributed by atoms with Gasteiger partial charge in [0.05, 0.1) is 6.54 Å². The minimum Gasteiger partial charge on any atom is -0.351 e. The maximum absolute atomic E-state index is 13.5. The number of rotatable bonds is 6. The van der Waals surface area contributed by atoms with Crippen LogP contribution in [0.15, 0.2) is 65.5 Å². The van der Waals surface area contributed by atoms with E-state index in [1.807, 2.05) is 53.1 Å². The summed E-state index contributed by atoms with van der Waals surface area (Å²) in [7, 11) is 1.76. The highest BCUT2D eigenvalue weighted by atomic mass is 16.1. The Hall–Kier alpha value is -3.65. The van der Waals surface area contributed by atoms with Crippen LogP contribution in [-0.2, 0) is 20.1 Å². The third-order valence-electron chi connectivity index (χ3n) is 5.84. The van der Waals surface area contributed by atoms with Crippen molar-refractivity contribution in [2.75, 3.05) is 36.4 Å². The zero-order valence-corrected chi connectivity index (χ0v) is 18.2. The Bertz CT molecular complexity index is 1260. The number of nitrogens with one attached hydrogen (secondary N) is 2. The molecule has 0 atom stereocenters. The van der Waals surface area contributed by atoms with Crippen LogP contribution in [0.5, 0.6) is 0 Å². The molecule has 0 unspecified atom stereocenters. The topological polar surface area (TPSA) is 80.0 Å². The molecule has 8 nitrogen and oxygen atoms in total. The monoisotopic (exact) mass is 429 g/mol. The van der Waals surface area contributed by atoms with Crippen molar-refractivity contribution in [1.82, 2.24) is 24.4 Å². The van der Waals surface area contributed by atoms with Crippen LogP contribution in [0.2, 0.25) is 0 Å². The molecule has 2 aromatic carbocycles. The molecule has 2 aromatic heterocycles. The molecule has 1 aliphatic heterocycles. The lowest BCUT2D eigenvalue weighted by atomic mass is 10.2. The van der Waals surface area contributed by atoms with Crippen molar-refractivity contribution >= 4 is 23.1 Å². The Labute approximate surface area is 186 Å². The molecular formula is C24H27N7O. The standard InChI is InChI=1S/C24H27N7O/c1-29-22(32)20-21(27-23(29)26-16-18-8-4-2-5-9-18)28-24(30-14-12-25-13-15-30)31(20)17-19-10-6-3-7-11-19/h2-11,25H,12-17H2,1H3,(H,26,27). The van der Waals surface area contributed by atoms with E-state index in [0.29, 0.717) is 30.2 Å². The highest BCUT2D eigenvalue weighted by molar-refractivity contribution is 5.75. The van der Waals surface area contributed by atoms with E-state index < -0.39 is 0 Å². The van der Waals surface area contributed by atoms with Crippen LogP contribution < -0.4 is 21.1 Å². The minimum absolute atomic E-state index is 0.102. The number of aromatic nitrogens is 4. The van der Waals surface area contributed by atoms with Crippen LogP contribution in [0.25, 0.3) is 11.2 Å². The molecule has 3 heterocycles. The molecule has 0 bridgehead atoms. The van der Waals surface area contributed by atoms with Crippen LogP contribution in [0, 0.1) is 0 Å². The van der Waals surface area contributed by atoms with Gasteiger partial charge in [0.25, 0.3) is 5.56 Å². The first kappa shape index (κ1) is 20.3. The van der Waals surface area contributed by atoms with Crippen molar-refractivity contribution in [3.05, 3.63) is 82.1 Å². The predicted octanol–water partition coefficient (Wildman–Crippen LogP) is 2.20. The zero-order valence-electron chi connectivity index (χ0n) is 18.2. The van der Waals surface area contributed by atoms with Crippen LogP contribution >= 0.6 is 0 Å². The number of benzene rings is 2. The summed E-state index contributed by atoms with van der Waals surface area (Å²) in [5.74, 6) is 1.32. The molecule has 2 N–H and O–H groups in total. The zero-order chi connectivity index (χ0) is 21.9. The van der Waals surface area contributed by atoms with Gasteiger partial charge < -0.3 is 15.5 Å². The van der Waals surface area contributed by atoms with Crippen molar-refractivity contribution in [1.29, 1.82) is 0 Å². The van der Waals surface area contributed by atoms with Gasteiger partial charge >= 0.3 is 0 Å². The lowest BCUT2D eigenvalue weighted by Crippen LogP contribution is -2.44. The summed E-state index contributed by atoms with van der Waals surface area (Å²) < 4.78 is 3.60. The van der Waals surface area contributed by atoms with Gasteiger partial charge in [0.15, 0.2) is 11.2 Å². The molecule has 1 aliphatic rings. The Morgan fingerprint density at radius 2 is 1.59 bits per heavy atom. The summed E-state index contributed by atoms with van der Waals surface area (Å²) in [5, 5.41) is 6.68. The highest BCUT2D eigenvalue weighted by Gasteiger charge is 2.23. The molecule has 8 heteroatoms. The number of hydrogen-bond donors (Lipinski definition) is 2. The Morgan fingerprint density at radius 1 is 0.938 bits per heavy atom. The largest absolute Gasteiger partial charge is 0.351 e. The average molecular weight is 430 g/mol. The van der Waals surface area contributed by atoms with Gasteiger partial charge in [-0.05, 0) is 11.1 Å². The molecule has 5 rings (SSSR count). The second kappa shape index (κ2) is 8.84. The summed E-state index contributed by atoms with van der Waals surface area (Å²) >= 11 is 0. The van der Waals surface area contributed by atoms with E-state index in [0.717, 1.165) is 43.3 Å². The molecule has 164 valence electrons. The second-order valence-electron chi connectivity index (χ2n) is 8.03. The highest BCUT2D eigenvalue weighted by Crippen LogP contribution is 2.22. The third kappa shape index (κ3) is 3.97. The van der Waals surface area contributed by atoms with Gasteiger partial charge in [-0.3, -0.25) is 13.9 Å². The Balaban J connectivity index is 1.57. The first-order chi connectivity index (χ1) is 15.7. The smallest absolute Gasteiger partial charge is 0.281 e. The quantitative estimate of drug-likeness (QED) is 0.489. The number of hydrogen-bond acceptors (Lipinski definition) is 6. The Morgan fingerprint density at radius 3 is 2.28 bits per heavy atom. The fourth-order valence-corrected chi connectivity index (χ4v) is 4.11. The summed E-state index contributed by atoms with van der Waals surface area (Å²) in [6.45, 7) is 4.63. The van der Waals surface area contributed by atoms with E-state index in [1.54, 1.807) is 11.6 Å². The maximum atomic E-state index is 13.5. The third-order valence-corrected chi connectivity index (χ3v) is 5.84. The lowest BCUT2D eigenvalue weighted by Gasteiger charge is -2.28. The molecule has 1 fully saturated rings. The van der Waals surface area contributed by atoms with Crippen molar-refractivity contribution in [2.45, 2.75) is 13.1 Å². The van der Waals surface area contributed by atoms with E-state index in [9.17, 15) is 4.79 Å². The van der Waals surface area contributed by atoms with Crippen molar-refractivity contribution in [2.24, 2.45) is 7.05 Å². The fraction of sp³-hybridized carbons (Fsp3) is 0.292. The summed E-state index contributed by atoms with van der Waals surface area (Å²) in [5.41, 5.74) is 3.16. The van der Waals surface area contributed by atoms with E-state index in [4.69, 9.17) is 9.97 Å². The van der Waals surface area contributed by atoms with Gasteiger partial charge in [-0.25, -0.2) is 0 Å². The van der Waals surface area contributed by atoms with Crippen LogP contribution in [0.1, 0.15) is 11.1 Å². The number of fused-ring (bicyclic) bond motifs is 1. The SMILES string of the molecule is Cn1c(NCc2ccccc2)nc2nc(N3CCNCC3)n(Cc3ccccc3)c2c1=O. The van der Waals surface area contributed by atoms with E-state index in [2.05, 4.69) is 27.7 Å². The van der Waals surface area contributed by atoms with E-state index >= 15 is 0 Å². The molecule has 0 aliphatic carbocycles. The summed E-state index contributed by atoms with van der Waals surface area (Å²) in [6, 6.07) is 20.2. The van der Waals surface area contributed by atoms with Gasteiger partial charge in [0.2, 0.25) is 11.9 Å². The van der Waals surface area contributed by atoms with Crippen LogP contribution in [-0.4, -0.2) is 45.3 Å². The second-order valence-corrected chi connectivity index (χ2v) is 8.03. The maximum Gasteiger partial charge on any atom is 0.281 e. The molecule has 4 aromatic rings. The molecule has 32 heavy (non-hydrogen) atoms. The summed E-state index contributed by atoms with van der Waals surface area (Å²) in [4.78, 5) is 25.3. The Kier molecular flexibility index (Phi) is 5.60. The van der Waals surface area contributed by atoms with Gasteiger partial charge in [-0.1, -0.05) is 60.7 Å². The molecular weight excluding hydrogens is 402 g/mol.